The van der Waals surface area contributed by atoms with Gasteiger partial charge in [-0.25, -0.2) is 9.37 Å². The standard InChI is InChI=1S/C19H16ClFN2OS/c1-2-12-3-5-13(6-4-12)19-22-15(11-25-19)10-18(24)23-17-8-7-14(20)9-16(17)21/h3-9,11H,2,10H2,1H3,(H,23,24). The Labute approximate surface area is 154 Å². The molecule has 0 saturated heterocycles. The van der Waals surface area contributed by atoms with Gasteiger partial charge in [0.05, 0.1) is 17.8 Å². The number of amides is 1. The molecule has 0 radical (unpaired) electrons. The van der Waals surface area contributed by atoms with Crippen molar-refractivity contribution >= 4 is 34.5 Å². The van der Waals surface area contributed by atoms with E-state index in [9.17, 15) is 9.18 Å². The molecule has 3 aromatic rings. The van der Waals surface area contributed by atoms with Crippen LogP contribution in [0.1, 0.15) is 18.2 Å². The Morgan fingerprint density at radius 3 is 2.68 bits per heavy atom. The van der Waals surface area contributed by atoms with Crippen LogP contribution in [0.4, 0.5) is 10.1 Å². The number of carbonyl (C=O) groups is 1. The molecule has 0 bridgehead atoms. The van der Waals surface area contributed by atoms with E-state index in [1.807, 2.05) is 17.5 Å². The number of rotatable bonds is 5. The molecule has 3 nitrogen and oxygen atoms in total. The number of carbonyl (C=O) groups excluding carboxylic acids is 1. The molecule has 0 unspecified atom stereocenters. The molecule has 128 valence electrons. The molecule has 2 aromatic carbocycles. The normalized spacial score (nSPS) is 10.7. The van der Waals surface area contributed by atoms with Crippen LogP contribution in [0.15, 0.2) is 47.8 Å². The second-order valence-corrected chi connectivity index (χ2v) is 6.84. The van der Waals surface area contributed by atoms with Crippen molar-refractivity contribution in [3.8, 4) is 10.6 Å². The number of nitrogens with zero attached hydrogens (tertiary/aromatic N) is 1. The largest absolute Gasteiger partial charge is 0.323 e. The topological polar surface area (TPSA) is 42.0 Å². The second-order valence-electron chi connectivity index (χ2n) is 5.54. The molecule has 1 amide bonds. The Morgan fingerprint density at radius 2 is 2.00 bits per heavy atom. The quantitative estimate of drug-likeness (QED) is 0.654. The smallest absolute Gasteiger partial charge is 0.230 e. The van der Waals surface area contributed by atoms with Gasteiger partial charge in [-0.1, -0.05) is 42.8 Å². The Balaban J connectivity index is 1.67. The van der Waals surface area contributed by atoms with Gasteiger partial charge in [0.25, 0.3) is 0 Å². The Morgan fingerprint density at radius 1 is 1.24 bits per heavy atom. The van der Waals surface area contributed by atoms with Gasteiger partial charge in [0.2, 0.25) is 5.91 Å². The van der Waals surface area contributed by atoms with Crippen molar-refractivity contribution in [2.45, 2.75) is 19.8 Å². The van der Waals surface area contributed by atoms with Gasteiger partial charge >= 0.3 is 0 Å². The number of hydrogen-bond acceptors (Lipinski definition) is 3. The molecule has 3 rings (SSSR count). The molecule has 0 saturated carbocycles. The minimum atomic E-state index is -0.559. The second kappa shape index (κ2) is 7.76. The van der Waals surface area contributed by atoms with E-state index >= 15 is 0 Å². The molecule has 6 heteroatoms. The van der Waals surface area contributed by atoms with Crippen LogP contribution in [-0.2, 0) is 17.6 Å². The van der Waals surface area contributed by atoms with Crippen LogP contribution in [0.3, 0.4) is 0 Å². The van der Waals surface area contributed by atoms with Crippen molar-refractivity contribution < 1.29 is 9.18 Å². The van der Waals surface area contributed by atoms with Gasteiger partial charge in [-0.3, -0.25) is 4.79 Å². The maximum Gasteiger partial charge on any atom is 0.230 e. The molecule has 0 aliphatic heterocycles. The number of hydrogen-bond donors (Lipinski definition) is 1. The summed E-state index contributed by atoms with van der Waals surface area (Å²) in [5, 5.41) is 5.54. The van der Waals surface area contributed by atoms with Gasteiger partial charge in [0, 0.05) is 16.0 Å². The highest BCUT2D eigenvalue weighted by atomic mass is 35.5. The lowest BCUT2D eigenvalue weighted by molar-refractivity contribution is -0.115. The summed E-state index contributed by atoms with van der Waals surface area (Å²) in [7, 11) is 0. The van der Waals surface area contributed by atoms with Crippen LogP contribution < -0.4 is 5.32 Å². The fraction of sp³-hybridized carbons (Fsp3) is 0.158. The minimum absolute atomic E-state index is 0.0889. The predicted octanol–water partition coefficient (Wildman–Crippen LogP) is 5.35. The average molecular weight is 375 g/mol. The van der Waals surface area contributed by atoms with E-state index in [1.54, 1.807) is 0 Å². The first kappa shape index (κ1) is 17.6. The lowest BCUT2D eigenvalue weighted by Gasteiger charge is -2.05. The molecule has 25 heavy (non-hydrogen) atoms. The van der Waals surface area contributed by atoms with Crippen molar-refractivity contribution in [2.75, 3.05) is 5.32 Å². The van der Waals surface area contributed by atoms with Gasteiger partial charge in [-0.05, 0) is 30.2 Å². The number of nitrogens with one attached hydrogen (secondary N) is 1. The van der Waals surface area contributed by atoms with E-state index in [2.05, 4.69) is 29.4 Å². The predicted molar refractivity (Wildman–Crippen MR) is 101 cm³/mol. The third kappa shape index (κ3) is 4.44. The molecule has 0 spiro atoms. The van der Waals surface area contributed by atoms with Crippen LogP contribution in [0.5, 0.6) is 0 Å². The molecular weight excluding hydrogens is 359 g/mol. The minimum Gasteiger partial charge on any atom is -0.323 e. The van der Waals surface area contributed by atoms with Crippen molar-refractivity contribution in [1.82, 2.24) is 4.98 Å². The van der Waals surface area contributed by atoms with Crippen molar-refractivity contribution in [3.63, 3.8) is 0 Å². The van der Waals surface area contributed by atoms with Gasteiger partial charge < -0.3 is 5.32 Å². The first-order chi connectivity index (χ1) is 12.0. The van der Waals surface area contributed by atoms with E-state index < -0.39 is 5.82 Å². The van der Waals surface area contributed by atoms with Crippen molar-refractivity contribution in [1.29, 1.82) is 0 Å². The summed E-state index contributed by atoms with van der Waals surface area (Å²) in [5.41, 5.74) is 3.06. The number of benzene rings is 2. The SMILES string of the molecule is CCc1ccc(-c2nc(CC(=O)Nc3ccc(Cl)cc3F)cs2)cc1. The molecule has 0 aliphatic carbocycles. The van der Waals surface area contributed by atoms with Gasteiger partial charge in [-0.2, -0.15) is 0 Å². The number of anilines is 1. The average Bonchev–Trinajstić information content (AvgIpc) is 3.06. The van der Waals surface area contributed by atoms with E-state index in [-0.39, 0.29) is 23.0 Å². The maximum atomic E-state index is 13.7. The third-order valence-electron chi connectivity index (χ3n) is 3.71. The number of aromatic nitrogens is 1. The summed E-state index contributed by atoms with van der Waals surface area (Å²) in [4.78, 5) is 16.6. The van der Waals surface area contributed by atoms with E-state index in [0.717, 1.165) is 23.1 Å². The summed E-state index contributed by atoms with van der Waals surface area (Å²) in [6, 6.07) is 12.4. The lowest BCUT2D eigenvalue weighted by atomic mass is 10.1. The van der Waals surface area contributed by atoms with Crippen molar-refractivity contribution in [2.24, 2.45) is 0 Å². The van der Waals surface area contributed by atoms with Gasteiger partial charge in [0.1, 0.15) is 10.8 Å². The van der Waals surface area contributed by atoms with Crippen LogP contribution in [0.25, 0.3) is 10.6 Å². The van der Waals surface area contributed by atoms with Crippen LogP contribution in [0, 0.1) is 5.82 Å². The van der Waals surface area contributed by atoms with Gasteiger partial charge in [-0.15, -0.1) is 11.3 Å². The first-order valence-corrected chi connectivity index (χ1v) is 9.09. The number of halogens is 2. The zero-order valence-corrected chi connectivity index (χ0v) is 15.1. The maximum absolute atomic E-state index is 13.7. The molecule has 0 aliphatic rings. The van der Waals surface area contributed by atoms with E-state index in [0.29, 0.717) is 5.69 Å². The number of thiazole rings is 1. The monoisotopic (exact) mass is 374 g/mol. The van der Waals surface area contributed by atoms with Crippen molar-refractivity contribution in [3.05, 3.63) is 69.9 Å². The van der Waals surface area contributed by atoms with Gasteiger partial charge in [0.15, 0.2) is 0 Å². The highest BCUT2D eigenvalue weighted by Crippen LogP contribution is 2.25. The summed E-state index contributed by atoms with van der Waals surface area (Å²) >= 11 is 7.19. The number of aryl methyl sites for hydroxylation is 1. The third-order valence-corrected chi connectivity index (χ3v) is 4.88. The zero-order chi connectivity index (χ0) is 17.8. The van der Waals surface area contributed by atoms with Crippen LogP contribution >= 0.6 is 22.9 Å². The highest BCUT2D eigenvalue weighted by molar-refractivity contribution is 7.13. The van der Waals surface area contributed by atoms with E-state index in [4.69, 9.17) is 11.6 Å². The zero-order valence-electron chi connectivity index (χ0n) is 13.6. The highest BCUT2D eigenvalue weighted by Gasteiger charge is 2.11. The molecule has 0 fully saturated rings. The molecule has 0 atom stereocenters. The fourth-order valence-corrected chi connectivity index (χ4v) is 3.34. The van der Waals surface area contributed by atoms with Crippen LogP contribution in [0.2, 0.25) is 5.02 Å². The van der Waals surface area contributed by atoms with Crippen LogP contribution in [-0.4, -0.2) is 10.9 Å². The molecule has 1 aromatic heterocycles. The molecular formula is C19H16ClFN2OS. The summed E-state index contributed by atoms with van der Waals surface area (Å²) in [6.45, 7) is 2.11. The fourth-order valence-electron chi connectivity index (χ4n) is 2.35. The summed E-state index contributed by atoms with van der Waals surface area (Å²) in [5.74, 6) is -0.879. The van der Waals surface area contributed by atoms with E-state index in [1.165, 1.54) is 29.0 Å². The summed E-state index contributed by atoms with van der Waals surface area (Å²) in [6.07, 6.45) is 1.08. The first-order valence-electron chi connectivity index (χ1n) is 7.83. The molecule has 1 heterocycles. The lowest BCUT2D eigenvalue weighted by Crippen LogP contribution is -2.15. The Hall–Kier alpha value is -2.24. The molecule has 1 N–H and O–H groups in total. The Bertz CT molecular complexity index is 893. The summed E-state index contributed by atoms with van der Waals surface area (Å²) < 4.78 is 13.7. The Kier molecular flexibility index (Phi) is 5.46.